The highest BCUT2D eigenvalue weighted by molar-refractivity contribution is 7.89. The molecule has 0 aliphatic heterocycles. The summed E-state index contributed by atoms with van der Waals surface area (Å²) in [6.07, 6.45) is -13.2. The Kier molecular flexibility index (Phi) is 4.73. The average molecular weight is 334 g/mol. The van der Waals surface area contributed by atoms with Gasteiger partial charge in [0.2, 0.25) is 0 Å². The molecule has 1 rings (SSSR count). The number of hydrogen-bond acceptors (Lipinski definition) is 2. The van der Waals surface area contributed by atoms with Gasteiger partial charge in [0.05, 0.1) is 4.91 Å². The van der Waals surface area contributed by atoms with E-state index in [1.54, 1.807) is 0 Å². The molecule has 0 fully saturated rings. The zero-order valence-corrected chi connectivity index (χ0v) is 10.9. The molecule has 0 amide bonds. The molecule has 10 heteroatoms. The summed E-state index contributed by atoms with van der Waals surface area (Å²) in [6, 6.07) is 6.31. The molecular weight excluding hydrogens is 326 g/mol. The van der Waals surface area contributed by atoms with Crippen molar-refractivity contribution in [3.05, 3.63) is 46.4 Å². The van der Waals surface area contributed by atoms with E-state index in [0.29, 0.717) is 0 Å². The predicted molar refractivity (Wildman–Crippen MR) is 60.8 cm³/mol. The molecule has 0 bridgehead atoms. The van der Waals surface area contributed by atoms with Crippen LogP contribution in [0.3, 0.4) is 0 Å². The highest BCUT2D eigenvalue weighted by atomic mass is 32.2. The van der Waals surface area contributed by atoms with Crippen LogP contribution in [-0.4, -0.2) is 25.3 Å². The fourth-order valence-corrected chi connectivity index (χ4v) is 2.41. The first-order valence-electron chi connectivity index (χ1n) is 5.22. The van der Waals surface area contributed by atoms with Crippen LogP contribution in [0.4, 0.5) is 26.3 Å². The van der Waals surface area contributed by atoms with Gasteiger partial charge in [0.15, 0.2) is 5.57 Å². The Labute approximate surface area is 115 Å². The van der Waals surface area contributed by atoms with Crippen LogP contribution in [0.1, 0.15) is 5.56 Å². The van der Waals surface area contributed by atoms with Gasteiger partial charge in [0, 0.05) is 6.42 Å². The zero-order valence-electron chi connectivity index (χ0n) is 10.0. The maximum absolute atomic E-state index is 12.5. The van der Waals surface area contributed by atoms with Crippen molar-refractivity contribution in [2.24, 2.45) is 0 Å². The summed E-state index contributed by atoms with van der Waals surface area (Å²) >= 11 is 0. The average Bonchev–Trinajstić information content (AvgIpc) is 2.24. The van der Waals surface area contributed by atoms with E-state index in [2.05, 4.69) is 0 Å². The lowest BCUT2D eigenvalue weighted by molar-refractivity contribution is -0.172. The third-order valence-corrected chi connectivity index (χ3v) is 3.34. The number of rotatable bonds is 3. The largest absolute Gasteiger partial charge is 0.422 e. The number of halogens is 6. The van der Waals surface area contributed by atoms with Gasteiger partial charge in [-0.05, 0) is 5.56 Å². The molecule has 0 heterocycles. The molecule has 0 saturated heterocycles. The molecule has 1 aromatic carbocycles. The Morgan fingerprint density at radius 3 is 1.71 bits per heavy atom. The second kappa shape index (κ2) is 5.68. The summed E-state index contributed by atoms with van der Waals surface area (Å²) in [7, 11) is -5.69. The van der Waals surface area contributed by atoms with Crippen molar-refractivity contribution in [1.82, 2.24) is 0 Å². The van der Waals surface area contributed by atoms with Gasteiger partial charge in [-0.1, -0.05) is 30.3 Å². The fraction of sp³-hybridized carbons (Fsp3) is 0.273. The number of alkyl halides is 6. The maximum Gasteiger partial charge on any atom is 0.422 e. The van der Waals surface area contributed by atoms with Crippen LogP contribution < -0.4 is 0 Å². The van der Waals surface area contributed by atoms with E-state index in [0.717, 1.165) is 12.1 Å². The van der Waals surface area contributed by atoms with Crippen molar-refractivity contribution in [2.45, 2.75) is 18.8 Å². The molecule has 118 valence electrons. The van der Waals surface area contributed by atoms with Crippen molar-refractivity contribution in [3.63, 3.8) is 0 Å². The van der Waals surface area contributed by atoms with Crippen LogP contribution in [0.15, 0.2) is 40.8 Å². The van der Waals surface area contributed by atoms with Crippen LogP contribution in [0.2, 0.25) is 0 Å². The van der Waals surface area contributed by atoms with Gasteiger partial charge in [-0.2, -0.15) is 34.8 Å². The lowest BCUT2D eigenvalue weighted by Gasteiger charge is -2.18. The Balaban J connectivity index is 3.58. The highest BCUT2D eigenvalue weighted by Gasteiger charge is 2.54. The minimum Gasteiger partial charge on any atom is -0.282 e. The van der Waals surface area contributed by atoms with Crippen LogP contribution >= 0.6 is 0 Å². The first-order chi connectivity index (χ1) is 9.33. The fourth-order valence-electron chi connectivity index (χ4n) is 1.57. The second-order valence-corrected chi connectivity index (χ2v) is 5.37. The Bertz CT molecular complexity index is 612. The van der Waals surface area contributed by atoms with E-state index in [1.165, 1.54) is 18.2 Å². The molecule has 0 aromatic heterocycles. The summed E-state index contributed by atoms with van der Waals surface area (Å²) in [5.74, 6) is 0. The van der Waals surface area contributed by atoms with Crippen molar-refractivity contribution < 1.29 is 39.3 Å². The Morgan fingerprint density at radius 1 is 0.952 bits per heavy atom. The summed E-state index contributed by atoms with van der Waals surface area (Å²) < 4.78 is 106. The van der Waals surface area contributed by atoms with E-state index in [4.69, 9.17) is 4.55 Å². The Hall–Kier alpha value is -1.55. The molecule has 0 saturated carbocycles. The van der Waals surface area contributed by atoms with E-state index >= 15 is 0 Å². The van der Waals surface area contributed by atoms with Gasteiger partial charge >= 0.3 is 12.4 Å². The lowest BCUT2D eigenvalue weighted by atomic mass is 10.1. The normalized spacial score (nSPS) is 13.1. The molecule has 0 aliphatic rings. The molecule has 0 radical (unpaired) electrons. The lowest BCUT2D eigenvalue weighted by Crippen LogP contribution is -2.30. The summed E-state index contributed by atoms with van der Waals surface area (Å²) in [5, 5.41) is 0. The standard InChI is InChI=1S/C11H8F6O3S/c12-10(13,14)9(11(15,16)17)8(21(18,19)20)6-7-4-2-1-3-5-7/h1-5H,6H2,(H,18,19,20). The van der Waals surface area contributed by atoms with Crippen LogP contribution in [0.25, 0.3) is 0 Å². The van der Waals surface area contributed by atoms with E-state index in [9.17, 15) is 34.8 Å². The Morgan fingerprint density at radius 2 is 1.38 bits per heavy atom. The molecule has 0 aliphatic carbocycles. The molecule has 0 unspecified atom stereocenters. The SMILES string of the molecule is O=S(=O)(O)C(Cc1ccccc1)=C(C(F)(F)F)C(F)(F)F. The van der Waals surface area contributed by atoms with E-state index in [1.807, 2.05) is 0 Å². The van der Waals surface area contributed by atoms with Gasteiger partial charge in [-0.3, -0.25) is 4.55 Å². The first kappa shape index (κ1) is 17.5. The molecule has 1 N–H and O–H groups in total. The van der Waals surface area contributed by atoms with E-state index < -0.39 is 39.4 Å². The summed E-state index contributed by atoms with van der Waals surface area (Å²) in [6.45, 7) is 0. The highest BCUT2D eigenvalue weighted by Crippen LogP contribution is 2.42. The van der Waals surface area contributed by atoms with Crippen LogP contribution in [-0.2, 0) is 16.5 Å². The van der Waals surface area contributed by atoms with Crippen LogP contribution in [0.5, 0.6) is 0 Å². The zero-order chi connectivity index (χ0) is 16.5. The number of allylic oxidation sites excluding steroid dienone is 2. The summed E-state index contributed by atoms with van der Waals surface area (Å²) in [5.41, 5.74) is -3.36. The first-order valence-corrected chi connectivity index (χ1v) is 6.66. The topological polar surface area (TPSA) is 54.4 Å². The quantitative estimate of drug-likeness (QED) is 0.680. The smallest absolute Gasteiger partial charge is 0.282 e. The minimum atomic E-state index is -5.97. The second-order valence-electron chi connectivity index (χ2n) is 3.93. The molecule has 21 heavy (non-hydrogen) atoms. The predicted octanol–water partition coefficient (Wildman–Crippen LogP) is 3.50. The summed E-state index contributed by atoms with van der Waals surface area (Å²) in [4.78, 5) is -2.13. The van der Waals surface area contributed by atoms with Gasteiger partial charge < -0.3 is 0 Å². The maximum atomic E-state index is 12.5. The number of benzene rings is 1. The monoisotopic (exact) mass is 334 g/mol. The molecule has 0 spiro atoms. The van der Waals surface area contributed by atoms with Crippen molar-refractivity contribution in [2.75, 3.05) is 0 Å². The molecule has 0 atom stereocenters. The number of hydrogen-bond donors (Lipinski definition) is 1. The minimum absolute atomic E-state index is 0.129. The van der Waals surface area contributed by atoms with Crippen molar-refractivity contribution in [3.8, 4) is 0 Å². The van der Waals surface area contributed by atoms with Crippen molar-refractivity contribution >= 4 is 10.1 Å². The van der Waals surface area contributed by atoms with Gasteiger partial charge in [-0.25, -0.2) is 0 Å². The molecule has 3 nitrogen and oxygen atoms in total. The van der Waals surface area contributed by atoms with Crippen molar-refractivity contribution in [1.29, 1.82) is 0 Å². The third-order valence-electron chi connectivity index (χ3n) is 2.36. The molecular formula is C11H8F6O3S. The van der Waals surface area contributed by atoms with Gasteiger partial charge in [0.25, 0.3) is 10.1 Å². The van der Waals surface area contributed by atoms with Gasteiger partial charge in [0.1, 0.15) is 0 Å². The van der Waals surface area contributed by atoms with Gasteiger partial charge in [-0.15, -0.1) is 0 Å². The molecule has 1 aromatic rings. The third kappa shape index (κ3) is 4.74. The van der Waals surface area contributed by atoms with E-state index in [-0.39, 0.29) is 5.56 Å². The van der Waals surface area contributed by atoms with Crippen LogP contribution in [0, 0.1) is 0 Å².